The van der Waals surface area contributed by atoms with Gasteiger partial charge in [0.25, 0.3) is 0 Å². The lowest BCUT2D eigenvalue weighted by molar-refractivity contribution is -0.151. The smallest absolute Gasteiger partial charge is 0.306 e. The standard InChI is InChI=1S/C50H93NO5/c1-4-7-10-13-16-19-21-23-25-27-29-31-34-37-40-43-50(55)56-46(41-38-35-32-18-15-12-9-6-3)44-49(54)51-47(45-52)48(53)42-39-36-33-30-28-26-24-22-20-17-14-11-8-5-2/h7,10,13,16,19,21,46-48,52-53H,4-6,8-9,11-12,14-15,17-18,20,22-45H2,1-3H3,(H,51,54)/b10-7+,16-13+,21-19+. The highest BCUT2D eigenvalue weighted by Crippen LogP contribution is 2.18. The minimum atomic E-state index is -0.785. The van der Waals surface area contributed by atoms with Crippen molar-refractivity contribution in [1.82, 2.24) is 5.32 Å². The minimum Gasteiger partial charge on any atom is -0.462 e. The maximum Gasteiger partial charge on any atom is 0.306 e. The van der Waals surface area contributed by atoms with E-state index in [1.54, 1.807) is 0 Å². The number of hydrogen-bond acceptors (Lipinski definition) is 5. The number of unbranched alkanes of at least 4 members (excludes halogenated alkanes) is 27. The van der Waals surface area contributed by atoms with Crippen LogP contribution in [0.5, 0.6) is 0 Å². The quantitative estimate of drug-likeness (QED) is 0.0325. The van der Waals surface area contributed by atoms with E-state index < -0.39 is 18.2 Å². The number of amides is 1. The second-order valence-corrected chi connectivity index (χ2v) is 16.6. The zero-order valence-corrected chi connectivity index (χ0v) is 37.3. The summed E-state index contributed by atoms with van der Waals surface area (Å²) in [6.07, 6.45) is 50.6. The van der Waals surface area contributed by atoms with Crippen molar-refractivity contribution in [3.8, 4) is 0 Å². The van der Waals surface area contributed by atoms with Crippen molar-refractivity contribution in [3.05, 3.63) is 36.5 Å². The average Bonchev–Trinajstić information content (AvgIpc) is 3.19. The molecule has 0 saturated heterocycles. The van der Waals surface area contributed by atoms with Gasteiger partial charge in [-0.2, -0.15) is 0 Å². The van der Waals surface area contributed by atoms with Gasteiger partial charge < -0.3 is 20.3 Å². The third-order valence-corrected chi connectivity index (χ3v) is 11.0. The molecule has 328 valence electrons. The van der Waals surface area contributed by atoms with Crippen molar-refractivity contribution >= 4 is 11.9 Å². The number of ether oxygens (including phenoxy) is 1. The molecule has 0 aliphatic heterocycles. The Labute approximate surface area is 347 Å². The van der Waals surface area contributed by atoms with Crippen LogP contribution in [0.15, 0.2) is 36.5 Å². The van der Waals surface area contributed by atoms with Crippen LogP contribution < -0.4 is 5.32 Å². The van der Waals surface area contributed by atoms with Crippen molar-refractivity contribution < 1.29 is 24.5 Å². The van der Waals surface area contributed by atoms with Gasteiger partial charge in [0.1, 0.15) is 6.10 Å². The van der Waals surface area contributed by atoms with E-state index in [0.717, 1.165) is 57.8 Å². The molecule has 6 heteroatoms. The fraction of sp³-hybridized carbons (Fsp3) is 0.840. The molecule has 0 aromatic carbocycles. The number of carbonyl (C=O) groups excluding carboxylic acids is 2. The van der Waals surface area contributed by atoms with E-state index in [9.17, 15) is 19.8 Å². The van der Waals surface area contributed by atoms with Crippen LogP contribution >= 0.6 is 0 Å². The summed E-state index contributed by atoms with van der Waals surface area (Å²) < 4.78 is 5.89. The first-order chi connectivity index (χ1) is 27.5. The first kappa shape index (κ1) is 54.1. The normalized spacial score (nSPS) is 13.6. The Balaban J connectivity index is 4.44. The maximum atomic E-state index is 13.1. The maximum absolute atomic E-state index is 13.1. The summed E-state index contributed by atoms with van der Waals surface area (Å²) in [6.45, 7) is 6.33. The van der Waals surface area contributed by atoms with E-state index in [1.165, 1.54) is 141 Å². The highest BCUT2D eigenvalue weighted by atomic mass is 16.5. The van der Waals surface area contributed by atoms with Crippen LogP contribution in [0, 0.1) is 0 Å². The number of allylic oxidation sites excluding steroid dienone is 6. The molecule has 0 aliphatic carbocycles. The van der Waals surface area contributed by atoms with Gasteiger partial charge in [-0.25, -0.2) is 0 Å². The predicted octanol–water partition coefficient (Wildman–Crippen LogP) is 14.1. The molecule has 0 rings (SSSR count). The van der Waals surface area contributed by atoms with Crippen LogP contribution in [0.1, 0.15) is 245 Å². The number of esters is 1. The number of rotatable bonds is 43. The Morgan fingerprint density at radius 2 is 0.964 bits per heavy atom. The Bertz CT molecular complexity index is 930. The van der Waals surface area contributed by atoms with E-state index in [-0.39, 0.29) is 24.9 Å². The van der Waals surface area contributed by atoms with Gasteiger partial charge in [-0.15, -0.1) is 0 Å². The minimum absolute atomic E-state index is 0.0751. The molecule has 3 atom stereocenters. The van der Waals surface area contributed by atoms with E-state index in [4.69, 9.17) is 4.74 Å². The van der Waals surface area contributed by atoms with Crippen LogP contribution in [0.2, 0.25) is 0 Å². The van der Waals surface area contributed by atoms with Crippen molar-refractivity contribution in [1.29, 1.82) is 0 Å². The van der Waals surface area contributed by atoms with Crippen molar-refractivity contribution in [2.75, 3.05) is 6.61 Å². The zero-order chi connectivity index (χ0) is 41.0. The van der Waals surface area contributed by atoms with Crippen LogP contribution in [0.4, 0.5) is 0 Å². The van der Waals surface area contributed by atoms with Gasteiger partial charge >= 0.3 is 5.97 Å². The van der Waals surface area contributed by atoms with Gasteiger partial charge in [0, 0.05) is 6.42 Å². The summed E-state index contributed by atoms with van der Waals surface area (Å²) in [4.78, 5) is 26.0. The van der Waals surface area contributed by atoms with Crippen LogP contribution in [-0.2, 0) is 14.3 Å². The predicted molar refractivity (Wildman–Crippen MR) is 241 cm³/mol. The lowest BCUT2D eigenvalue weighted by Gasteiger charge is -2.24. The fourth-order valence-electron chi connectivity index (χ4n) is 7.37. The summed E-state index contributed by atoms with van der Waals surface area (Å²) in [7, 11) is 0. The molecule has 1 amide bonds. The molecule has 0 fully saturated rings. The topological polar surface area (TPSA) is 95.9 Å². The summed E-state index contributed by atoms with van der Waals surface area (Å²) in [6, 6.07) is -0.699. The number of hydrogen-bond donors (Lipinski definition) is 3. The number of aliphatic hydroxyl groups excluding tert-OH is 2. The molecule has 0 spiro atoms. The third kappa shape index (κ3) is 38.9. The van der Waals surface area contributed by atoms with Gasteiger partial charge in [0.15, 0.2) is 0 Å². The first-order valence-electron chi connectivity index (χ1n) is 24.2. The van der Waals surface area contributed by atoms with Gasteiger partial charge in [0.05, 0.1) is 25.2 Å². The molecule has 0 aliphatic rings. The molecule has 0 aromatic heterocycles. The molecule has 0 bridgehead atoms. The average molecular weight is 788 g/mol. The summed E-state index contributed by atoms with van der Waals surface area (Å²) in [5, 5.41) is 23.7. The highest BCUT2D eigenvalue weighted by molar-refractivity contribution is 5.77. The second kappa shape index (κ2) is 44.2. The molecule has 56 heavy (non-hydrogen) atoms. The fourth-order valence-corrected chi connectivity index (χ4v) is 7.37. The highest BCUT2D eigenvalue weighted by Gasteiger charge is 2.24. The van der Waals surface area contributed by atoms with Gasteiger partial charge in [-0.1, -0.05) is 224 Å². The molecule has 6 nitrogen and oxygen atoms in total. The zero-order valence-electron chi connectivity index (χ0n) is 37.3. The molecule has 3 N–H and O–H groups in total. The Morgan fingerprint density at radius 3 is 1.45 bits per heavy atom. The summed E-state index contributed by atoms with van der Waals surface area (Å²) in [5.41, 5.74) is 0. The lowest BCUT2D eigenvalue weighted by atomic mass is 10.0. The summed E-state index contributed by atoms with van der Waals surface area (Å²) in [5.74, 6) is -0.484. The Kier molecular flexibility index (Phi) is 42.7. The monoisotopic (exact) mass is 788 g/mol. The Hall–Kier alpha value is -1.92. The van der Waals surface area contributed by atoms with Crippen molar-refractivity contribution in [2.45, 2.75) is 264 Å². The molecule has 0 aromatic rings. The molecular weight excluding hydrogens is 695 g/mol. The Morgan fingerprint density at radius 1 is 0.536 bits per heavy atom. The molecule has 3 unspecified atom stereocenters. The van der Waals surface area contributed by atoms with Crippen LogP contribution in [0.3, 0.4) is 0 Å². The van der Waals surface area contributed by atoms with Crippen molar-refractivity contribution in [3.63, 3.8) is 0 Å². The van der Waals surface area contributed by atoms with Gasteiger partial charge in [-0.05, 0) is 44.9 Å². The molecular formula is C50H93NO5. The number of carbonyl (C=O) groups is 2. The SMILES string of the molecule is CC/C=C/C=C/C=C/CCCCCCCCCC(=O)OC(CCCCCCCCCC)CC(=O)NC(CO)C(O)CCCCCCCCCCCCCCCC. The third-order valence-electron chi connectivity index (χ3n) is 11.0. The van der Waals surface area contributed by atoms with E-state index in [2.05, 4.69) is 62.5 Å². The van der Waals surface area contributed by atoms with Gasteiger partial charge in [-0.3, -0.25) is 9.59 Å². The van der Waals surface area contributed by atoms with E-state index >= 15 is 0 Å². The number of aliphatic hydroxyl groups is 2. The second-order valence-electron chi connectivity index (χ2n) is 16.6. The van der Waals surface area contributed by atoms with E-state index in [1.807, 2.05) is 0 Å². The lowest BCUT2D eigenvalue weighted by Crippen LogP contribution is -2.46. The first-order valence-corrected chi connectivity index (χ1v) is 24.2. The largest absolute Gasteiger partial charge is 0.462 e. The van der Waals surface area contributed by atoms with Crippen molar-refractivity contribution in [2.24, 2.45) is 0 Å². The van der Waals surface area contributed by atoms with Gasteiger partial charge in [0.2, 0.25) is 5.91 Å². The molecule has 0 radical (unpaired) electrons. The molecule has 0 heterocycles. The number of nitrogens with one attached hydrogen (secondary N) is 1. The molecule has 0 saturated carbocycles. The van der Waals surface area contributed by atoms with E-state index in [0.29, 0.717) is 19.3 Å². The summed E-state index contributed by atoms with van der Waals surface area (Å²) >= 11 is 0. The van der Waals surface area contributed by atoms with Crippen LogP contribution in [-0.4, -0.2) is 46.9 Å². The van der Waals surface area contributed by atoms with Crippen LogP contribution in [0.25, 0.3) is 0 Å².